The van der Waals surface area contributed by atoms with E-state index in [9.17, 15) is 0 Å². The Kier molecular flexibility index (Phi) is 5.83. The fourth-order valence-electron chi connectivity index (χ4n) is 1.83. The second kappa shape index (κ2) is 7.40. The van der Waals surface area contributed by atoms with Crippen molar-refractivity contribution in [3.63, 3.8) is 0 Å². The van der Waals surface area contributed by atoms with Crippen LogP contribution >= 0.6 is 11.6 Å². The van der Waals surface area contributed by atoms with Crippen LogP contribution in [0.1, 0.15) is 18.4 Å². The molecule has 2 aromatic rings. The molecule has 0 unspecified atom stereocenters. The molecule has 2 N–H and O–H groups in total. The molecule has 1 heterocycles. The van der Waals surface area contributed by atoms with E-state index in [1.54, 1.807) is 0 Å². The fraction of sp³-hybridized carbons (Fsp3) is 0.400. The zero-order valence-electron chi connectivity index (χ0n) is 11.5. The molecular weight excluding hydrogens is 453 g/mol. The predicted octanol–water partition coefficient (Wildman–Crippen LogP) is 3.11. The smallest absolute Gasteiger partial charge is 0.0406 e. The second-order valence-corrected chi connectivity index (χ2v) is 6.53. The standard InChI is InChI=1S/C8H12N2.C7H8ClN.Pt/c1-9-4-5-10(7-9)6-8-2-3-8;8-7-3-1-6(5-9)2-4-7;/h4-5,8H,2-3,6H2,1H3;1-4H,5,9H2;. The number of nitrogens with zero attached hydrogens (tertiary/aromatic N) is 2. The third-order valence-corrected chi connectivity index (χ3v) is 4.97. The van der Waals surface area contributed by atoms with Gasteiger partial charge in [0, 0.05) is 11.6 Å². The summed E-state index contributed by atoms with van der Waals surface area (Å²) in [4.78, 5) is 0. The van der Waals surface area contributed by atoms with Crippen LogP contribution in [-0.2, 0) is 39.5 Å². The van der Waals surface area contributed by atoms with Gasteiger partial charge in [-0.05, 0) is 17.7 Å². The number of hydrogen-bond donors (Lipinski definition) is 1. The Bertz CT molecular complexity index is 596. The first-order chi connectivity index (χ1) is 9.60. The molecule has 3 rings (SSSR count). The van der Waals surface area contributed by atoms with Gasteiger partial charge in [0.1, 0.15) is 0 Å². The monoisotopic (exact) mass is 472 g/mol. The molecule has 1 aromatic carbocycles. The van der Waals surface area contributed by atoms with E-state index in [0.717, 1.165) is 16.5 Å². The van der Waals surface area contributed by atoms with Gasteiger partial charge in [0.15, 0.2) is 0 Å². The molecule has 5 heteroatoms. The Balaban J connectivity index is 0.000000151. The van der Waals surface area contributed by atoms with Crippen molar-refractivity contribution in [2.45, 2.75) is 25.9 Å². The van der Waals surface area contributed by atoms with Gasteiger partial charge in [0.2, 0.25) is 0 Å². The summed E-state index contributed by atoms with van der Waals surface area (Å²) in [6.45, 7) is 1.80. The molecule has 1 aliphatic rings. The average molecular weight is 473 g/mol. The molecule has 0 atom stereocenters. The van der Waals surface area contributed by atoms with E-state index in [1.807, 2.05) is 24.3 Å². The largest absolute Gasteiger partial charge is 0.326 e. The molecule has 0 amide bonds. The van der Waals surface area contributed by atoms with Crippen LogP contribution in [0.2, 0.25) is 5.02 Å². The first kappa shape index (κ1) is 15.8. The summed E-state index contributed by atoms with van der Waals surface area (Å²) in [5.74, 6) is 0.969. The quantitative estimate of drug-likeness (QED) is 0.732. The van der Waals surface area contributed by atoms with E-state index >= 15 is 0 Å². The Morgan fingerprint density at radius 1 is 1.25 bits per heavy atom. The minimum Gasteiger partial charge on any atom is -0.326 e. The number of aryl methyl sites for hydroxylation is 1. The summed E-state index contributed by atoms with van der Waals surface area (Å²) in [6, 6.07) is 7.51. The Morgan fingerprint density at radius 3 is 2.35 bits per heavy atom. The van der Waals surface area contributed by atoms with Crippen LogP contribution in [0.3, 0.4) is 0 Å². The van der Waals surface area contributed by atoms with Crippen molar-refractivity contribution in [3.05, 3.63) is 51.0 Å². The van der Waals surface area contributed by atoms with Crippen LogP contribution in [0.15, 0.2) is 36.7 Å². The SMILES string of the molecule is Cn1ccn(CC2CC2)[c]1=[Pt].NCc1ccc(Cl)cc1. The number of nitrogens with two attached hydrogens (primary N) is 1. The minimum absolute atomic E-state index is 0.581. The minimum atomic E-state index is 0.581. The summed E-state index contributed by atoms with van der Waals surface area (Å²) < 4.78 is 5.82. The van der Waals surface area contributed by atoms with Gasteiger partial charge in [-0.2, -0.15) is 0 Å². The maximum Gasteiger partial charge on any atom is 0.0406 e. The van der Waals surface area contributed by atoms with Gasteiger partial charge in [-0.3, -0.25) is 0 Å². The van der Waals surface area contributed by atoms with Crippen molar-refractivity contribution in [2.75, 3.05) is 0 Å². The number of halogens is 1. The fourth-order valence-corrected chi connectivity index (χ4v) is 2.50. The van der Waals surface area contributed by atoms with Crippen LogP contribution < -0.4 is 5.73 Å². The summed E-state index contributed by atoms with van der Waals surface area (Å²) in [7, 11) is 2.09. The first-order valence-electron chi connectivity index (χ1n) is 6.72. The Labute approximate surface area is 135 Å². The summed E-state index contributed by atoms with van der Waals surface area (Å²) >= 11 is 8.00. The molecule has 1 fully saturated rings. The van der Waals surface area contributed by atoms with Gasteiger partial charge in [-0.1, -0.05) is 23.7 Å². The van der Waals surface area contributed by atoms with Gasteiger partial charge < -0.3 is 5.73 Å². The van der Waals surface area contributed by atoms with E-state index in [-0.39, 0.29) is 0 Å². The third kappa shape index (κ3) is 4.73. The van der Waals surface area contributed by atoms with Gasteiger partial charge in [0.25, 0.3) is 0 Å². The van der Waals surface area contributed by atoms with Crippen molar-refractivity contribution in [1.82, 2.24) is 9.13 Å². The molecule has 0 spiro atoms. The third-order valence-electron chi connectivity index (χ3n) is 3.26. The molecule has 0 bridgehead atoms. The molecule has 1 aromatic heterocycles. The van der Waals surface area contributed by atoms with Crippen molar-refractivity contribution in [1.29, 1.82) is 0 Å². The van der Waals surface area contributed by atoms with E-state index in [1.165, 1.54) is 23.2 Å². The molecule has 20 heavy (non-hydrogen) atoms. The normalized spacial score (nSPS) is 13.8. The number of aromatic nitrogens is 2. The Hall–Kier alpha value is -0.632. The Morgan fingerprint density at radius 2 is 1.90 bits per heavy atom. The number of hydrogen-bond acceptors (Lipinski definition) is 1. The zero-order chi connectivity index (χ0) is 14.5. The van der Waals surface area contributed by atoms with E-state index in [4.69, 9.17) is 17.3 Å². The summed E-state index contributed by atoms with van der Waals surface area (Å²) in [5.41, 5.74) is 6.47. The van der Waals surface area contributed by atoms with Gasteiger partial charge in [0.05, 0.1) is 0 Å². The topological polar surface area (TPSA) is 35.9 Å². The molecule has 112 valence electrons. The average Bonchev–Trinajstić information content (AvgIpc) is 3.22. The van der Waals surface area contributed by atoms with Gasteiger partial charge in [-0.25, -0.2) is 0 Å². The van der Waals surface area contributed by atoms with Crippen molar-refractivity contribution >= 4 is 11.6 Å². The molecule has 3 nitrogen and oxygen atoms in total. The summed E-state index contributed by atoms with van der Waals surface area (Å²) in [6.07, 6.45) is 7.14. The maximum atomic E-state index is 5.63. The molecule has 1 aliphatic carbocycles. The number of benzene rings is 1. The molecular formula is C15H20ClN3Pt. The van der Waals surface area contributed by atoms with Gasteiger partial charge >= 0.3 is 77.0 Å². The van der Waals surface area contributed by atoms with E-state index < -0.39 is 0 Å². The predicted molar refractivity (Wildman–Crippen MR) is 78.7 cm³/mol. The molecule has 0 radical (unpaired) electrons. The maximum absolute atomic E-state index is 5.63. The van der Waals surface area contributed by atoms with Gasteiger partial charge in [-0.15, -0.1) is 0 Å². The first-order valence-corrected chi connectivity index (χ1v) is 8.23. The van der Waals surface area contributed by atoms with Crippen LogP contribution in [0.5, 0.6) is 0 Å². The number of rotatable bonds is 3. The molecule has 0 saturated heterocycles. The summed E-state index contributed by atoms with van der Waals surface area (Å²) in [5, 5.41) is 0.757. The van der Waals surface area contributed by atoms with Crippen LogP contribution in [-0.4, -0.2) is 9.13 Å². The van der Waals surface area contributed by atoms with E-state index in [2.05, 4.69) is 47.9 Å². The molecule has 1 saturated carbocycles. The van der Waals surface area contributed by atoms with Crippen molar-refractivity contribution in [2.24, 2.45) is 18.7 Å². The number of imidazole rings is 1. The van der Waals surface area contributed by atoms with Crippen LogP contribution in [0.25, 0.3) is 0 Å². The van der Waals surface area contributed by atoms with Crippen LogP contribution in [0, 0.1) is 9.72 Å². The van der Waals surface area contributed by atoms with Crippen molar-refractivity contribution < 1.29 is 19.4 Å². The van der Waals surface area contributed by atoms with Crippen LogP contribution in [0.4, 0.5) is 0 Å². The molecule has 0 aliphatic heterocycles. The second-order valence-electron chi connectivity index (χ2n) is 5.08. The zero-order valence-corrected chi connectivity index (χ0v) is 14.6. The van der Waals surface area contributed by atoms with Crippen molar-refractivity contribution in [3.8, 4) is 0 Å². The van der Waals surface area contributed by atoms with E-state index in [0.29, 0.717) is 6.54 Å².